The van der Waals surface area contributed by atoms with Crippen LogP contribution < -0.4 is 10.6 Å². The molecule has 150 valence electrons. The molecule has 2 N–H and O–H groups in total. The summed E-state index contributed by atoms with van der Waals surface area (Å²) in [6.07, 6.45) is 3.90. The third-order valence-electron chi connectivity index (χ3n) is 7.59. The molecule has 1 aromatic carbocycles. The number of benzene rings is 1. The standard InChI is InChI=1S/C22H30N4O2/c1-2-25-9-11-26(12-10-25)21(28)18-13-16-8-7-15(18)14-22(16)23-19-6-4-3-5-17(19)20(27)24-22/h3-6,15-16,18,23H,2,7-14H2,1H3,(H,24,27)/t15-,16+,18-,22+/m1/s1. The number of amides is 2. The third-order valence-corrected chi connectivity index (χ3v) is 7.59. The van der Waals surface area contributed by atoms with Crippen molar-refractivity contribution < 1.29 is 9.59 Å². The van der Waals surface area contributed by atoms with Gasteiger partial charge in [-0.15, -0.1) is 0 Å². The van der Waals surface area contributed by atoms with Gasteiger partial charge < -0.3 is 20.4 Å². The molecule has 28 heavy (non-hydrogen) atoms. The molecular formula is C22H30N4O2. The van der Waals surface area contributed by atoms with E-state index in [4.69, 9.17) is 0 Å². The molecule has 4 atom stereocenters. The molecule has 0 unspecified atom stereocenters. The van der Waals surface area contributed by atoms with E-state index in [1.54, 1.807) is 0 Å². The lowest BCUT2D eigenvalue weighted by molar-refractivity contribution is -0.144. The molecule has 2 heterocycles. The summed E-state index contributed by atoms with van der Waals surface area (Å²) in [4.78, 5) is 30.5. The van der Waals surface area contributed by atoms with Crippen LogP contribution in [0.3, 0.4) is 0 Å². The second kappa shape index (κ2) is 6.76. The first-order valence-corrected chi connectivity index (χ1v) is 10.8. The fourth-order valence-corrected chi connectivity index (χ4v) is 5.96. The molecule has 2 amide bonds. The Morgan fingerprint density at radius 2 is 1.93 bits per heavy atom. The van der Waals surface area contributed by atoms with Gasteiger partial charge in [-0.25, -0.2) is 0 Å². The highest BCUT2D eigenvalue weighted by atomic mass is 16.2. The van der Waals surface area contributed by atoms with Gasteiger partial charge in [0, 0.05) is 43.7 Å². The Balaban J connectivity index is 1.32. The fourth-order valence-electron chi connectivity index (χ4n) is 5.96. The van der Waals surface area contributed by atoms with Crippen molar-refractivity contribution in [3.8, 4) is 0 Å². The Hall–Kier alpha value is -2.08. The van der Waals surface area contributed by atoms with Crippen molar-refractivity contribution in [3.63, 3.8) is 0 Å². The van der Waals surface area contributed by atoms with E-state index in [0.29, 0.717) is 17.7 Å². The molecule has 6 rings (SSSR count). The van der Waals surface area contributed by atoms with Crippen molar-refractivity contribution in [3.05, 3.63) is 29.8 Å². The molecule has 6 heteroatoms. The van der Waals surface area contributed by atoms with Crippen LogP contribution in [0, 0.1) is 17.8 Å². The number of hydrogen-bond donors (Lipinski definition) is 2. The smallest absolute Gasteiger partial charge is 0.255 e. The highest BCUT2D eigenvalue weighted by molar-refractivity contribution is 6.02. The number of likely N-dealkylation sites (N-methyl/N-ethyl adjacent to an activating group) is 1. The lowest BCUT2D eigenvalue weighted by Gasteiger charge is -2.57. The number of hydrogen-bond acceptors (Lipinski definition) is 4. The van der Waals surface area contributed by atoms with Gasteiger partial charge in [-0.2, -0.15) is 0 Å². The number of carbonyl (C=O) groups is 2. The summed E-state index contributed by atoms with van der Waals surface area (Å²) < 4.78 is 0. The molecule has 2 bridgehead atoms. The van der Waals surface area contributed by atoms with Crippen LogP contribution in [0.4, 0.5) is 5.69 Å². The van der Waals surface area contributed by atoms with Gasteiger partial charge in [0.1, 0.15) is 5.66 Å². The third kappa shape index (κ3) is 2.81. The van der Waals surface area contributed by atoms with Crippen molar-refractivity contribution in [1.82, 2.24) is 15.1 Å². The number of rotatable bonds is 2. The van der Waals surface area contributed by atoms with E-state index in [-0.39, 0.29) is 17.5 Å². The topological polar surface area (TPSA) is 64.7 Å². The first-order valence-electron chi connectivity index (χ1n) is 10.8. The zero-order chi connectivity index (χ0) is 19.3. The van der Waals surface area contributed by atoms with E-state index in [1.165, 1.54) is 0 Å². The average molecular weight is 383 g/mol. The number of para-hydroxylation sites is 1. The van der Waals surface area contributed by atoms with E-state index >= 15 is 0 Å². The van der Waals surface area contributed by atoms with Crippen LogP contribution in [-0.2, 0) is 4.79 Å². The minimum absolute atomic E-state index is 0.0143. The summed E-state index contributed by atoms with van der Waals surface area (Å²) >= 11 is 0. The maximum Gasteiger partial charge on any atom is 0.255 e. The number of anilines is 1. The normalized spacial score (nSPS) is 34.7. The molecule has 1 spiro atoms. The van der Waals surface area contributed by atoms with Crippen LogP contribution >= 0.6 is 0 Å². The van der Waals surface area contributed by atoms with E-state index in [9.17, 15) is 9.59 Å². The Bertz CT molecular complexity index is 788. The molecule has 3 saturated carbocycles. The first kappa shape index (κ1) is 18.0. The van der Waals surface area contributed by atoms with Crippen LogP contribution in [0.5, 0.6) is 0 Å². The number of carbonyl (C=O) groups excluding carboxylic acids is 2. The predicted octanol–water partition coefficient (Wildman–Crippen LogP) is 2.14. The van der Waals surface area contributed by atoms with Crippen LogP contribution in [0.1, 0.15) is 43.0 Å². The minimum atomic E-state index is -0.383. The molecule has 0 radical (unpaired) electrons. The number of fused-ring (bicyclic) bond motifs is 3. The fraction of sp³-hybridized carbons (Fsp3) is 0.636. The molecule has 1 aromatic rings. The van der Waals surface area contributed by atoms with E-state index in [0.717, 1.165) is 69.7 Å². The minimum Gasteiger partial charge on any atom is -0.362 e. The van der Waals surface area contributed by atoms with Gasteiger partial charge in [0.25, 0.3) is 5.91 Å². The average Bonchev–Trinajstić information content (AvgIpc) is 2.73. The molecule has 3 aliphatic carbocycles. The van der Waals surface area contributed by atoms with Gasteiger partial charge in [0.15, 0.2) is 0 Å². The van der Waals surface area contributed by atoms with E-state index in [2.05, 4.69) is 27.4 Å². The summed E-state index contributed by atoms with van der Waals surface area (Å²) in [6.45, 7) is 6.93. The molecule has 0 aromatic heterocycles. The van der Waals surface area contributed by atoms with Gasteiger partial charge in [0.2, 0.25) is 5.91 Å². The van der Waals surface area contributed by atoms with Crippen molar-refractivity contribution in [2.45, 2.75) is 38.3 Å². The Labute approximate surface area is 166 Å². The monoisotopic (exact) mass is 382 g/mol. The second-order valence-electron chi connectivity index (χ2n) is 8.94. The zero-order valence-corrected chi connectivity index (χ0v) is 16.6. The quantitative estimate of drug-likeness (QED) is 0.823. The van der Waals surface area contributed by atoms with Gasteiger partial charge in [0.05, 0.1) is 5.56 Å². The molecular weight excluding hydrogens is 352 g/mol. The Morgan fingerprint density at radius 1 is 1.14 bits per heavy atom. The number of nitrogens with zero attached hydrogens (tertiary/aromatic N) is 2. The van der Waals surface area contributed by atoms with Gasteiger partial charge in [-0.05, 0) is 50.3 Å². The molecule has 4 fully saturated rings. The van der Waals surface area contributed by atoms with Gasteiger partial charge >= 0.3 is 0 Å². The Kier molecular flexibility index (Phi) is 4.34. The van der Waals surface area contributed by atoms with E-state index < -0.39 is 0 Å². The lowest BCUT2D eigenvalue weighted by Crippen LogP contribution is -2.68. The first-order chi connectivity index (χ1) is 13.6. The maximum atomic E-state index is 13.3. The SMILES string of the molecule is CCN1CCN(C(=O)[C@@H]2C[C@@H]3CC[C@@H]2C[C@]32NC(=O)c3ccccc3N2)CC1. The van der Waals surface area contributed by atoms with Gasteiger partial charge in [-0.3, -0.25) is 9.59 Å². The lowest BCUT2D eigenvalue weighted by atomic mass is 9.58. The second-order valence-corrected chi connectivity index (χ2v) is 8.94. The number of nitrogens with one attached hydrogen (secondary N) is 2. The van der Waals surface area contributed by atoms with Crippen molar-refractivity contribution in [2.75, 3.05) is 38.0 Å². The number of piperazine rings is 1. The largest absolute Gasteiger partial charge is 0.362 e. The highest BCUT2D eigenvalue weighted by Crippen LogP contribution is 2.52. The van der Waals surface area contributed by atoms with Crippen LogP contribution in [-0.4, -0.2) is 60.0 Å². The summed E-state index contributed by atoms with van der Waals surface area (Å²) in [5, 5.41) is 6.95. The maximum absolute atomic E-state index is 13.3. The zero-order valence-electron chi connectivity index (χ0n) is 16.6. The highest BCUT2D eigenvalue weighted by Gasteiger charge is 2.55. The van der Waals surface area contributed by atoms with Crippen LogP contribution in [0.15, 0.2) is 24.3 Å². The van der Waals surface area contributed by atoms with E-state index in [1.807, 2.05) is 24.3 Å². The summed E-state index contributed by atoms with van der Waals surface area (Å²) in [5.41, 5.74) is 1.26. The predicted molar refractivity (Wildman–Crippen MR) is 108 cm³/mol. The summed E-state index contributed by atoms with van der Waals surface area (Å²) in [7, 11) is 0. The summed E-state index contributed by atoms with van der Waals surface area (Å²) in [6, 6.07) is 7.74. The van der Waals surface area contributed by atoms with Crippen molar-refractivity contribution in [2.24, 2.45) is 17.8 Å². The molecule has 1 saturated heterocycles. The molecule has 2 aliphatic heterocycles. The Morgan fingerprint density at radius 3 is 2.64 bits per heavy atom. The summed E-state index contributed by atoms with van der Waals surface area (Å²) in [5.74, 6) is 1.14. The van der Waals surface area contributed by atoms with Crippen molar-refractivity contribution >= 4 is 17.5 Å². The van der Waals surface area contributed by atoms with Gasteiger partial charge in [-0.1, -0.05) is 19.1 Å². The molecule has 5 aliphatic rings. The van der Waals surface area contributed by atoms with Crippen LogP contribution in [0.25, 0.3) is 0 Å². The van der Waals surface area contributed by atoms with Crippen molar-refractivity contribution in [1.29, 1.82) is 0 Å². The van der Waals surface area contributed by atoms with Crippen LogP contribution in [0.2, 0.25) is 0 Å². The molecule has 6 nitrogen and oxygen atoms in total.